The SMILES string of the molecule is CC[C@H](COCc1ccccc1)N=c1[nH][s+]([O-])nc1Nc1cccc(C(=O)N(C)C)c1O. The van der Waals surface area contributed by atoms with Crippen LogP contribution in [0.3, 0.4) is 0 Å². The van der Waals surface area contributed by atoms with Gasteiger partial charge in [0.25, 0.3) is 5.91 Å². The highest BCUT2D eigenvalue weighted by atomic mass is 32.2. The molecule has 0 spiro atoms. The molecule has 2 aromatic carbocycles. The van der Waals surface area contributed by atoms with Crippen LogP contribution in [0, 0.1) is 0 Å². The number of amides is 1. The van der Waals surface area contributed by atoms with Crippen molar-refractivity contribution in [2.24, 2.45) is 4.99 Å². The molecule has 1 amide bonds. The summed E-state index contributed by atoms with van der Waals surface area (Å²) in [5.74, 6) is -0.338. The molecule has 1 aromatic heterocycles. The number of phenolic OH excluding ortho intramolecular Hbond substituents is 1. The fraction of sp³-hybridized carbons (Fsp3) is 0.318. The summed E-state index contributed by atoms with van der Waals surface area (Å²) < 4.78 is 24.5. The number of H-pyrrole nitrogens is 1. The highest BCUT2D eigenvalue weighted by Gasteiger charge is 2.18. The number of nitrogens with one attached hydrogen (secondary N) is 2. The summed E-state index contributed by atoms with van der Waals surface area (Å²) in [7, 11) is 3.21. The van der Waals surface area contributed by atoms with E-state index >= 15 is 0 Å². The van der Waals surface area contributed by atoms with Gasteiger partial charge >= 0.3 is 0 Å². The molecule has 32 heavy (non-hydrogen) atoms. The molecule has 3 N–H and O–H groups in total. The van der Waals surface area contributed by atoms with Gasteiger partial charge in [-0.05, 0) is 24.1 Å². The van der Waals surface area contributed by atoms with Crippen LogP contribution in [0.15, 0.2) is 53.5 Å². The molecule has 2 atom stereocenters. The Kier molecular flexibility index (Phi) is 7.98. The Hall–Kier alpha value is -3.21. The molecule has 170 valence electrons. The summed E-state index contributed by atoms with van der Waals surface area (Å²) in [6.45, 7) is 2.84. The molecule has 9 nitrogen and oxygen atoms in total. The molecular formula is C22H27N5O4S. The third-order valence-corrected chi connectivity index (χ3v) is 5.43. The molecule has 0 bridgehead atoms. The molecule has 3 aromatic rings. The van der Waals surface area contributed by atoms with Gasteiger partial charge in [0.05, 0.1) is 30.5 Å². The minimum atomic E-state index is -1.69. The van der Waals surface area contributed by atoms with Gasteiger partial charge in [-0.25, -0.2) is 0 Å². The second-order valence-corrected chi connectivity index (χ2v) is 8.24. The first-order valence-electron chi connectivity index (χ1n) is 10.2. The Bertz CT molecular complexity index is 1110. The minimum Gasteiger partial charge on any atom is -0.548 e. The number of nitrogens with zero attached hydrogens (tertiary/aromatic N) is 3. The summed E-state index contributed by atoms with van der Waals surface area (Å²) >= 11 is -1.69. The molecule has 0 aliphatic rings. The van der Waals surface area contributed by atoms with Gasteiger partial charge in [-0.2, -0.15) is 0 Å². The lowest BCUT2D eigenvalue weighted by atomic mass is 10.1. The zero-order valence-corrected chi connectivity index (χ0v) is 19.1. The van der Waals surface area contributed by atoms with Crippen LogP contribution in [-0.4, -0.2) is 56.0 Å². The monoisotopic (exact) mass is 457 g/mol. The van der Waals surface area contributed by atoms with E-state index in [4.69, 9.17) is 4.74 Å². The first kappa shape index (κ1) is 23.5. The Morgan fingerprint density at radius 2 is 2.03 bits per heavy atom. The zero-order chi connectivity index (χ0) is 23.1. The molecule has 0 fully saturated rings. The van der Waals surface area contributed by atoms with Gasteiger partial charge in [0.1, 0.15) is 0 Å². The quantitative estimate of drug-likeness (QED) is 0.335. The number of anilines is 2. The van der Waals surface area contributed by atoms with Crippen LogP contribution in [0.25, 0.3) is 0 Å². The number of para-hydroxylation sites is 1. The summed E-state index contributed by atoms with van der Waals surface area (Å²) in [6, 6.07) is 14.4. The molecule has 1 heterocycles. The van der Waals surface area contributed by atoms with Crippen molar-refractivity contribution in [3.63, 3.8) is 0 Å². The first-order valence-corrected chi connectivity index (χ1v) is 11.3. The van der Waals surface area contributed by atoms with E-state index in [9.17, 15) is 14.5 Å². The predicted molar refractivity (Wildman–Crippen MR) is 122 cm³/mol. The number of aromatic nitrogens is 2. The molecule has 1 unspecified atom stereocenters. The molecule has 0 aliphatic heterocycles. The number of hydrogen-bond acceptors (Lipinski definition) is 7. The van der Waals surface area contributed by atoms with Crippen LogP contribution in [0.1, 0.15) is 29.3 Å². The predicted octanol–water partition coefficient (Wildman–Crippen LogP) is 3.18. The lowest BCUT2D eigenvalue weighted by molar-refractivity contribution is 0.0824. The lowest BCUT2D eigenvalue weighted by Crippen LogP contribution is -2.22. The number of carbonyl (C=O) groups is 1. The van der Waals surface area contributed by atoms with E-state index in [1.807, 2.05) is 37.3 Å². The zero-order valence-electron chi connectivity index (χ0n) is 18.2. The van der Waals surface area contributed by atoms with Gasteiger partial charge in [0.15, 0.2) is 16.9 Å². The van der Waals surface area contributed by atoms with Crippen molar-refractivity contribution < 1.29 is 19.2 Å². The van der Waals surface area contributed by atoms with Gasteiger partial charge < -0.3 is 24.6 Å². The van der Waals surface area contributed by atoms with Crippen LogP contribution >= 0.6 is 11.1 Å². The van der Waals surface area contributed by atoms with Gasteiger partial charge in [-0.15, -0.1) is 4.37 Å². The van der Waals surface area contributed by atoms with Gasteiger partial charge in [0.2, 0.25) is 11.3 Å². The number of benzene rings is 2. The van der Waals surface area contributed by atoms with Crippen molar-refractivity contribution in [1.82, 2.24) is 13.6 Å². The van der Waals surface area contributed by atoms with Crippen LogP contribution in [0.4, 0.5) is 11.5 Å². The molecule has 10 heteroatoms. The summed E-state index contributed by atoms with van der Waals surface area (Å²) in [5, 5.41) is 13.5. The molecule has 0 radical (unpaired) electrons. The molecule has 0 saturated heterocycles. The number of hydrogen-bond donors (Lipinski definition) is 3. The molecule has 0 saturated carbocycles. The second-order valence-electron chi connectivity index (χ2n) is 7.36. The smallest absolute Gasteiger partial charge is 0.257 e. The molecule has 0 aliphatic carbocycles. The molecular weight excluding hydrogens is 430 g/mol. The van der Waals surface area contributed by atoms with Crippen LogP contribution in [-0.2, 0) is 11.3 Å². The number of rotatable bonds is 9. The van der Waals surface area contributed by atoms with Gasteiger partial charge in [0, 0.05) is 18.5 Å². The van der Waals surface area contributed by atoms with Gasteiger partial charge in [-0.1, -0.05) is 43.3 Å². The van der Waals surface area contributed by atoms with E-state index in [-0.39, 0.29) is 34.8 Å². The van der Waals surface area contributed by atoms with Crippen LogP contribution in [0.5, 0.6) is 5.75 Å². The largest absolute Gasteiger partial charge is 0.548 e. The number of carbonyl (C=O) groups excluding carboxylic acids is 1. The summed E-state index contributed by atoms with van der Waals surface area (Å²) in [4.78, 5) is 18.2. The van der Waals surface area contributed by atoms with Crippen molar-refractivity contribution in [3.8, 4) is 5.75 Å². The van der Waals surface area contributed by atoms with E-state index in [0.29, 0.717) is 25.1 Å². The van der Waals surface area contributed by atoms with Crippen molar-refractivity contribution in [1.29, 1.82) is 0 Å². The average molecular weight is 458 g/mol. The Morgan fingerprint density at radius 3 is 2.72 bits per heavy atom. The van der Waals surface area contributed by atoms with E-state index in [0.717, 1.165) is 5.56 Å². The van der Waals surface area contributed by atoms with E-state index < -0.39 is 11.1 Å². The van der Waals surface area contributed by atoms with Crippen LogP contribution in [0.2, 0.25) is 0 Å². The number of aromatic hydroxyl groups is 1. The van der Waals surface area contributed by atoms with Crippen molar-refractivity contribution >= 4 is 28.6 Å². The maximum atomic E-state index is 12.3. The van der Waals surface area contributed by atoms with E-state index in [2.05, 4.69) is 19.1 Å². The summed E-state index contributed by atoms with van der Waals surface area (Å²) in [6.07, 6.45) is 0.706. The number of ether oxygens (including phenoxy) is 1. The number of aromatic amines is 1. The standard InChI is InChI=1S/C22H27N5O4S/c1-4-16(14-31-13-15-9-6-5-7-10-15)23-20-21(26-32(30)25-20)24-18-12-8-11-17(19(18)28)22(29)27(2)3/h5-12,16,28H,4,13-14H2,1-3H3,(H,23,25)(H,24,26)/t16-,32?/m1/s1. The normalized spacial score (nSPS) is 13.1. The maximum absolute atomic E-state index is 12.3. The number of phenols is 1. The average Bonchev–Trinajstić information content (AvgIpc) is 3.13. The van der Waals surface area contributed by atoms with Crippen molar-refractivity contribution in [2.45, 2.75) is 26.0 Å². The minimum absolute atomic E-state index is 0.145. The fourth-order valence-electron chi connectivity index (χ4n) is 2.95. The van der Waals surface area contributed by atoms with Crippen LogP contribution < -0.4 is 10.8 Å². The Labute approximate surface area is 189 Å². The van der Waals surface area contributed by atoms with E-state index in [1.165, 1.54) is 11.0 Å². The highest BCUT2D eigenvalue weighted by Crippen LogP contribution is 2.30. The maximum Gasteiger partial charge on any atom is 0.257 e. The second kappa shape index (κ2) is 10.9. The topological polar surface area (TPSA) is 126 Å². The Balaban J connectivity index is 1.78. The Morgan fingerprint density at radius 1 is 1.28 bits per heavy atom. The third-order valence-electron chi connectivity index (χ3n) is 4.71. The third kappa shape index (κ3) is 5.94. The van der Waals surface area contributed by atoms with E-state index in [1.54, 1.807) is 26.2 Å². The van der Waals surface area contributed by atoms with Crippen molar-refractivity contribution in [2.75, 3.05) is 26.0 Å². The summed E-state index contributed by atoms with van der Waals surface area (Å²) in [5.41, 5.74) is 1.79. The first-order chi connectivity index (χ1) is 15.4. The van der Waals surface area contributed by atoms with Crippen molar-refractivity contribution in [3.05, 3.63) is 65.1 Å². The lowest BCUT2D eigenvalue weighted by Gasteiger charge is -2.13. The fourth-order valence-corrected chi connectivity index (χ4v) is 3.61. The van der Waals surface area contributed by atoms with Gasteiger partial charge in [-0.3, -0.25) is 9.79 Å². The molecule has 3 rings (SSSR count). The highest BCUT2D eigenvalue weighted by molar-refractivity contribution is 7.13.